The number of rotatable bonds is 12. The molecule has 368 valence electrons. The van der Waals surface area contributed by atoms with E-state index in [1.165, 1.54) is 75.4 Å². The van der Waals surface area contributed by atoms with Crippen molar-refractivity contribution >= 4 is 34.4 Å². The second kappa shape index (κ2) is 21.4. The molecule has 0 spiro atoms. The first kappa shape index (κ1) is 48.8. The minimum Gasteiger partial charge on any atom is -0.392 e. The number of aliphatic hydroxyl groups excluding tert-OH is 2. The van der Waals surface area contributed by atoms with Crippen molar-refractivity contribution in [3.05, 3.63) is 131 Å². The lowest BCUT2D eigenvalue weighted by Gasteiger charge is -2.23. The molecule has 2 heterocycles. The lowest BCUT2D eigenvalue weighted by atomic mass is 9.89. The number of alkyl halides is 6. The summed E-state index contributed by atoms with van der Waals surface area (Å²) in [6, 6.07) is 22.9. The minimum atomic E-state index is -4.42. The summed E-state index contributed by atoms with van der Waals surface area (Å²) in [7, 11) is 0. The van der Waals surface area contributed by atoms with Crippen LogP contribution in [0.25, 0.3) is 22.5 Å². The highest BCUT2D eigenvalue weighted by Gasteiger charge is 2.33. The first-order valence-corrected chi connectivity index (χ1v) is 24.4. The summed E-state index contributed by atoms with van der Waals surface area (Å²) in [5, 5.41) is 32.9. The second-order valence-corrected chi connectivity index (χ2v) is 19.2. The van der Waals surface area contributed by atoms with E-state index >= 15 is 0 Å². The topological polar surface area (TPSA) is 140 Å². The summed E-state index contributed by atoms with van der Waals surface area (Å²) in [5.41, 5.74) is 7.97. The fraction of sp³-hybridized carbons (Fsp3) is 0.407. The predicted octanol–water partition coefficient (Wildman–Crippen LogP) is 12.7. The van der Waals surface area contributed by atoms with E-state index in [0.29, 0.717) is 96.1 Å². The molecule has 10 rings (SSSR count). The summed E-state index contributed by atoms with van der Waals surface area (Å²) in [6.45, 7) is 1.29. The maximum Gasteiger partial charge on any atom is 0.416 e. The number of hydrogen-bond acceptors (Lipinski definition) is 10. The normalized spacial score (nSPS) is 18.3. The van der Waals surface area contributed by atoms with Crippen LogP contribution in [0, 0.1) is 11.8 Å². The van der Waals surface area contributed by atoms with Crippen LogP contribution in [0.2, 0.25) is 0 Å². The Balaban J connectivity index is 0.000000174. The minimum absolute atomic E-state index is 0.342. The van der Waals surface area contributed by atoms with Gasteiger partial charge in [-0.15, -0.1) is 0 Å². The number of aromatic nitrogens is 4. The molecule has 4 aliphatic carbocycles. The van der Waals surface area contributed by atoms with E-state index < -0.39 is 23.5 Å². The summed E-state index contributed by atoms with van der Waals surface area (Å²) >= 11 is 0. The van der Waals surface area contributed by atoms with Gasteiger partial charge < -0.3 is 31.5 Å². The molecule has 6 N–H and O–H groups in total. The van der Waals surface area contributed by atoms with Gasteiger partial charge in [-0.25, -0.2) is 19.9 Å². The summed E-state index contributed by atoms with van der Waals surface area (Å²) in [6.07, 6.45) is 7.42. The molecule has 4 aliphatic rings. The maximum absolute atomic E-state index is 13.4. The molecule has 2 aromatic heterocycles. The third-order valence-electron chi connectivity index (χ3n) is 14.0. The molecule has 16 heteroatoms. The van der Waals surface area contributed by atoms with E-state index in [1.807, 2.05) is 36.4 Å². The highest BCUT2D eigenvalue weighted by molar-refractivity contribution is 5.79. The number of nitrogens with zero attached hydrogens (tertiary/aromatic N) is 4. The molecule has 2 atom stereocenters. The van der Waals surface area contributed by atoms with Gasteiger partial charge in [-0.1, -0.05) is 62.8 Å². The van der Waals surface area contributed by atoms with Gasteiger partial charge in [0.15, 0.2) is 0 Å². The highest BCUT2D eigenvalue weighted by Crippen LogP contribution is 2.39. The largest absolute Gasteiger partial charge is 0.416 e. The molecule has 6 aromatic rings. The van der Waals surface area contributed by atoms with Gasteiger partial charge in [-0.2, -0.15) is 26.3 Å². The van der Waals surface area contributed by atoms with Crippen molar-refractivity contribution in [3.8, 4) is 22.5 Å². The summed E-state index contributed by atoms with van der Waals surface area (Å²) in [4.78, 5) is 17.3. The summed E-state index contributed by atoms with van der Waals surface area (Å²) < 4.78 is 80.7. The smallest absolute Gasteiger partial charge is 0.392 e. The Bertz CT molecular complexity index is 2570. The van der Waals surface area contributed by atoms with Crippen LogP contribution in [-0.2, 0) is 38.0 Å². The molecule has 0 amide bonds. The van der Waals surface area contributed by atoms with Crippen molar-refractivity contribution in [2.24, 2.45) is 11.8 Å². The van der Waals surface area contributed by atoms with Crippen LogP contribution in [0.3, 0.4) is 0 Å². The van der Waals surface area contributed by atoms with Crippen molar-refractivity contribution in [1.29, 1.82) is 0 Å². The Morgan fingerprint density at radius 2 is 0.857 bits per heavy atom. The quantitative estimate of drug-likeness (QED) is 0.0657. The molecule has 0 saturated heterocycles. The Labute approximate surface area is 403 Å². The molecular formula is C54H58F6N8O2. The Morgan fingerprint density at radius 3 is 1.26 bits per heavy atom. The fourth-order valence-electron chi connectivity index (χ4n) is 10.3. The SMILES string of the molecule is O[C@@H]1Cc2ccc(Nc3cc(-c4ccc(C(F)(F)F)cc4NCC4CCCCC4)ncn3)cc2C1.O[C@H]1Cc2ccc(Nc3cc(-c4ccc(C(F)(F)F)cc4NCC4CCCCC4)ncn3)cc2C1. The van der Waals surface area contributed by atoms with E-state index in [9.17, 15) is 36.6 Å². The zero-order valence-corrected chi connectivity index (χ0v) is 38.8. The lowest BCUT2D eigenvalue weighted by molar-refractivity contribution is -0.138. The Kier molecular flexibility index (Phi) is 14.9. The van der Waals surface area contributed by atoms with Crippen molar-refractivity contribution in [3.63, 3.8) is 0 Å². The van der Waals surface area contributed by atoms with Gasteiger partial charge in [0, 0.05) is 59.1 Å². The van der Waals surface area contributed by atoms with Crippen LogP contribution in [0.5, 0.6) is 0 Å². The predicted molar refractivity (Wildman–Crippen MR) is 261 cm³/mol. The molecule has 0 bridgehead atoms. The Morgan fingerprint density at radius 1 is 0.457 bits per heavy atom. The van der Waals surface area contributed by atoms with Crippen LogP contribution in [0.15, 0.2) is 97.6 Å². The molecule has 0 unspecified atom stereocenters. The molecule has 4 aromatic carbocycles. The van der Waals surface area contributed by atoms with Gasteiger partial charge in [0.05, 0.1) is 34.7 Å². The van der Waals surface area contributed by atoms with Crippen molar-refractivity contribution < 1.29 is 36.6 Å². The first-order chi connectivity index (χ1) is 33.7. The van der Waals surface area contributed by atoms with E-state index in [2.05, 4.69) is 41.2 Å². The number of aliphatic hydroxyl groups is 2. The monoisotopic (exact) mass is 964 g/mol. The molecule has 10 nitrogen and oxygen atoms in total. The van der Waals surface area contributed by atoms with Crippen LogP contribution in [-0.4, -0.2) is 55.4 Å². The van der Waals surface area contributed by atoms with Gasteiger partial charge in [0.1, 0.15) is 24.3 Å². The number of nitrogens with one attached hydrogen (secondary N) is 4. The molecule has 70 heavy (non-hydrogen) atoms. The molecular weight excluding hydrogens is 907 g/mol. The van der Waals surface area contributed by atoms with E-state index in [0.717, 1.165) is 71.4 Å². The van der Waals surface area contributed by atoms with Crippen LogP contribution in [0.4, 0.5) is 60.7 Å². The van der Waals surface area contributed by atoms with Gasteiger partial charge in [-0.05, 0) is 134 Å². The second-order valence-electron chi connectivity index (χ2n) is 19.2. The molecule has 2 saturated carbocycles. The standard InChI is InChI=1S/2C27H29F3N4O/c2*28-27(29,30)20-7-9-23(24(13-20)31-15-17-4-2-1-3-5-17)25-14-26(33-16-32-25)34-21-8-6-18-11-22(35)12-19(18)10-21/h2*6-10,13-14,16-17,22,31,35H,1-5,11-12,15H2,(H,32,33,34)/t2*22-/m10/s1. The Hall–Kier alpha value is -6.26. The highest BCUT2D eigenvalue weighted by atomic mass is 19.4. The summed E-state index contributed by atoms with van der Waals surface area (Å²) in [5.74, 6) is 2.03. The molecule has 0 aliphatic heterocycles. The van der Waals surface area contributed by atoms with E-state index in [4.69, 9.17) is 0 Å². The molecule has 0 radical (unpaired) electrons. The number of halogens is 6. The third kappa shape index (κ3) is 12.4. The fourth-order valence-corrected chi connectivity index (χ4v) is 10.3. The number of benzene rings is 4. The van der Waals surface area contributed by atoms with Gasteiger partial charge in [0.2, 0.25) is 0 Å². The maximum atomic E-state index is 13.4. The van der Waals surface area contributed by atoms with Crippen molar-refractivity contribution in [1.82, 2.24) is 19.9 Å². The molecule has 2 fully saturated rings. The third-order valence-corrected chi connectivity index (χ3v) is 14.0. The van der Waals surface area contributed by atoms with Crippen molar-refractivity contribution in [2.75, 3.05) is 34.4 Å². The average molecular weight is 965 g/mol. The van der Waals surface area contributed by atoms with Crippen LogP contribution >= 0.6 is 0 Å². The average Bonchev–Trinajstić information content (AvgIpc) is 3.92. The van der Waals surface area contributed by atoms with Crippen LogP contribution in [0.1, 0.15) is 97.6 Å². The zero-order valence-electron chi connectivity index (χ0n) is 38.8. The zero-order chi connectivity index (χ0) is 48.8. The number of fused-ring (bicyclic) bond motifs is 2. The van der Waals surface area contributed by atoms with E-state index in [1.54, 1.807) is 12.1 Å². The van der Waals surface area contributed by atoms with Gasteiger partial charge in [-0.3, -0.25) is 0 Å². The van der Waals surface area contributed by atoms with Crippen molar-refractivity contribution in [2.45, 2.75) is 114 Å². The first-order valence-electron chi connectivity index (χ1n) is 24.4. The van der Waals surface area contributed by atoms with Crippen LogP contribution < -0.4 is 21.3 Å². The number of anilines is 6. The van der Waals surface area contributed by atoms with E-state index in [-0.39, 0.29) is 12.2 Å². The van der Waals surface area contributed by atoms with Gasteiger partial charge in [0.25, 0.3) is 0 Å². The van der Waals surface area contributed by atoms with Gasteiger partial charge >= 0.3 is 12.4 Å². The number of hydrogen-bond donors (Lipinski definition) is 6. The lowest BCUT2D eigenvalue weighted by Crippen LogP contribution is -2.18.